The third-order valence-corrected chi connectivity index (χ3v) is 7.61. The molecule has 3 heterocycles. The molecular weight excluding hydrogens is 448 g/mol. The van der Waals surface area contributed by atoms with Crippen molar-refractivity contribution in [3.63, 3.8) is 0 Å². The van der Waals surface area contributed by atoms with Gasteiger partial charge in [-0.25, -0.2) is 0 Å². The summed E-state index contributed by atoms with van der Waals surface area (Å²) < 4.78 is 6.23. The van der Waals surface area contributed by atoms with Crippen LogP contribution in [-0.2, 0) is 19.1 Å². The first-order valence-corrected chi connectivity index (χ1v) is 11.6. The molecule has 2 N–H and O–H groups in total. The molecule has 2 amide bonds. The van der Waals surface area contributed by atoms with Crippen LogP contribution in [0.25, 0.3) is 0 Å². The fourth-order valence-electron chi connectivity index (χ4n) is 5.88. The van der Waals surface area contributed by atoms with Crippen LogP contribution in [0.3, 0.4) is 0 Å². The number of hydrogen-bond acceptors (Lipinski definition) is 5. The van der Waals surface area contributed by atoms with Crippen LogP contribution in [0.2, 0.25) is 5.02 Å². The zero-order chi connectivity index (χ0) is 24.1. The molecule has 0 saturated carbocycles. The van der Waals surface area contributed by atoms with E-state index in [1.165, 1.54) is 9.80 Å². The minimum absolute atomic E-state index is 0.138. The Kier molecular flexibility index (Phi) is 6.28. The van der Waals surface area contributed by atoms with E-state index in [-0.39, 0.29) is 19.1 Å². The number of hydrogen-bond donors (Lipinski definition) is 2. The summed E-state index contributed by atoms with van der Waals surface area (Å²) in [5.41, 5.74) is -0.797. The monoisotopic (exact) mass is 476 g/mol. The third kappa shape index (κ3) is 3.47. The highest BCUT2D eigenvalue weighted by molar-refractivity contribution is 6.34. The van der Waals surface area contributed by atoms with E-state index in [1.54, 1.807) is 30.3 Å². The molecule has 3 saturated heterocycles. The number of anilines is 1. The molecule has 9 heteroatoms. The number of nitrogens with zero attached hydrogens (tertiary/aromatic N) is 2. The van der Waals surface area contributed by atoms with Crippen LogP contribution in [-0.4, -0.2) is 69.8 Å². The summed E-state index contributed by atoms with van der Waals surface area (Å²) in [6.45, 7) is 7.24. The van der Waals surface area contributed by atoms with Gasteiger partial charge in [-0.15, -0.1) is 6.58 Å². The SMILES string of the molecule is C=CCN(C(=O)[C@H]1N([C@@H](CO)C(C)C)C(=O)[C@@H]2[C@@H](C(=O)O)[C@H]3CC[C@]21O3)c1ccccc1Cl. The van der Waals surface area contributed by atoms with Crippen molar-refractivity contribution in [1.82, 2.24) is 4.90 Å². The number of likely N-dealkylation sites (tertiary alicyclic amines) is 1. The van der Waals surface area contributed by atoms with Crippen molar-refractivity contribution in [2.75, 3.05) is 18.1 Å². The number of aliphatic hydroxyl groups excluding tert-OH is 1. The highest BCUT2D eigenvalue weighted by Gasteiger charge is 2.75. The topological polar surface area (TPSA) is 107 Å². The zero-order valence-corrected chi connectivity index (χ0v) is 19.4. The molecule has 0 unspecified atom stereocenters. The van der Waals surface area contributed by atoms with Gasteiger partial charge in [-0.1, -0.05) is 43.7 Å². The van der Waals surface area contributed by atoms with Crippen molar-refractivity contribution >= 4 is 35.1 Å². The van der Waals surface area contributed by atoms with E-state index in [4.69, 9.17) is 16.3 Å². The Hall–Kier alpha value is -2.42. The maximum atomic E-state index is 14.2. The van der Waals surface area contributed by atoms with Gasteiger partial charge in [0.2, 0.25) is 5.91 Å². The molecule has 8 nitrogen and oxygen atoms in total. The lowest BCUT2D eigenvalue weighted by Gasteiger charge is -2.40. The Bertz CT molecular complexity index is 983. The van der Waals surface area contributed by atoms with Gasteiger partial charge in [0, 0.05) is 6.54 Å². The molecule has 0 aromatic heterocycles. The van der Waals surface area contributed by atoms with Crippen molar-refractivity contribution in [2.45, 2.75) is 50.5 Å². The van der Waals surface area contributed by atoms with E-state index in [9.17, 15) is 24.6 Å². The van der Waals surface area contributed by atoms with E-state index in [0.29, 0.717) is 23.6 Å². The van der Waals surface area contributed by atoms with Crippen LogP contribution in [0.4, 0.5) is 5.69 Å². The molecular formula is C24H29ClN2O6. The summed E-state index contributed by atoms with van der Waals surface area (Å²) in [4.78, 5) is 42.9. The second kappa shape index (κ2) is 8.74. The van der Waals surface area contributed by atoms with Crippen LogP contribution < -0.4 is 4.90 Å². The first kappa shape index (κ1) is 23.7. The summed E-state index contributed by atoms with van der Waals surface area (Å²) in [6, 6.07) is 5.13. The minimum atomic E-state index is -1.26. The van der Waals surface area contributed by atoms with E-state index >= 15 is 0 Å². The quantitative estimate of drug-likeness (QED) is 0.558. The Morgan fingerprint density at radius 3 is 2.67 bits per heavy atom. The van der Waals surface area contributed by atoms with Gasteiger partial charge in [0.15, 0.2) is 0 Å². The van der Waals surface area contributed by atoms with E-state index in [1.807, 2.05) is 13.8 Å². The predicted octanol–water partition coefficient (Wildman–Crippen LogP) is 2.34. The van der Waals surface area contributed by atoms with E-state index in [2.05, 4.69) is 6.58 Å². The number of carboxylic acids is 1. The number of para-hydroxylation sites is 1. The number of rotatable bonds is 8. The number of benzene rings is 1. The number of fused-ring (bicyclic) bond motifs is 1. The number of amides is 2. The Morgan fingerprint density at radius 1 is 1.39 bits per heavy atom. The molecule has 3 aliphatic heterocycles. The van der Waals surface area contributed by atoms with Crippen molar-refractivity contribution in [2.24, 2.45) is 17.8 Å². The molecule has 178 valence electrons. The van der Waals surface area contributed by atoms with Gasteiger partial charge < -0.3 is 24.7 Å². The van der Waals surface area contributed by atoms with Crippen LogP contribution >= 0.6 is 11.6 Å². The normalized spacial score (nSPS) is 31.1. The number of carbonyl (C=O) groups is 3. The van der Waals surface area contributed by atoms with Crippen LogP contribution in [0, 0.1) is 17.8 Å². The molecule has 33 heavy (non-hydrogen) atoms. The molecule has 1 spiro atoms. The molecule has 4 rings (SSSR count). The second-order valence-corrected chi connectivity index (χ2v) is 9.73. The van der Waals surface area contributed by atoms with Gasteiger partial charge >= 0.3 is 5.97 Å². The van der Waals surface area contributed by atoms with Crippen molar-refractivity contribution in [3.8, 4) is 0 Å². The van der Waals surface area contributed by atoms with Crippen LogP contribution in [0.15, 0.2) is 36.9 Å². The number of carbonyl (C=O) groups excluding carboxylic acids is 2. The minimum Gasteiger partial charge on any atom is -0.481 e. The van der Waals surface area contributed by atoms with Crippen LogP contribution in [0.1, 0.15) is 26.7 Å². The van der Waals surface area contributed by atoms with Gasteiger partial charge in [0.05, 0.1) is 41.3 Å². The molecule has 3 fully saturated rings. The molecule has 2 bridgehead atoms. The number of halogens is 1. The molecule has 1 aromatic rings. The summed E-state index contributed by atoms with van der Waals surface area (Å²) in [6.07, 6.45) is 1.80. The lowest BCUT2D eigenvalue weighted by Crippen LogP contribution is -2.59. The van der Waals surface area contributed by atoms with Gasteiger partial charge in [0.1, 0.15) is 11.6 Å². The molecule has 0 aliphatic carbocycles. The largest absolute Gasteiger partial charge is 0.481 e. The third-order valence-electron chi connectivity index (χ3n) is 7.29. The smallest absolute Gasteiger partial charge is 0.310 e. The highest BCUT2D eigenvalue weighted by atomic mass is 35.5. The standard InChI is InChI=1S/C24H29ClN2O6/c1-4-11-26(15-8-6-5-7-14(15)25)22(30)20-24-10-9-17(33-24)18(23(31)32)19(24)21(29)27(20)16(12-28)13(2)3/h4-8,13,16-20,28H,1,9-12H2,2-3H3,(H,31,32)/t16-,17+,18-,19-,20+,24-/m0/s1. The molecule has 6 atom stereocenters. The summed E-state index contributed by atoms with van der Waals surface area (Å²) in [5.74, 6) is -4.15. The first-order valence-electron chi connectivity index (χ1n) is 11.2. The summed E-state index contributed by atoms with van der Waals surface area (Å²) in [5, 5.41) is 20.4. The number of ether oxygens (including phenoxy) is 1. The van der Waals surface area contributed by atoms with Crippen molar-refractivity contribution in [1.29, 1.82) is 0 Å². The zero-order valence-electron chi connectivity index (χ0n) is 18.7. The second-order valence-electron chi connectivity index (χ2n) is 9.32. The Labute approximate surface area is 197 Å². The summed E-state index contributed by atoms with van der Waals surface area (Å²) >= 11 is 6.41. The lowest BCUT2D eigenvalue weighted by atomic mass is 9.70. The van der Waals surface area contributed by atoms with Gasteiger partial charge in [0.25, 0.3) is 5.91 Å². The maximum absolute atomic E-state index is 14.2. The lowest BCUT2D eigenvalue weighted by molar-refractivity contribution is -0.151. The summed E-state index contributed by atoms with van der Waals surface area (Å²) in [7, 11) is 0. The molecule has 0 radical (unpaired) electrons. The number of aliphatic carboxylic acids is 1. The number of aliphatic hydroxyl groups is 1. The van der Waals surface area contributed by atoms with Crippen LogP contribution in [0.5, 0.6) is 0 Å². The number of carboxylic acid groups (broad SMARTS) is 1. The fraction of sp³-hybridized carbons (Fsp3) is 0.542. The maximum Gasteiger partial charge on any atom is 0.310 e. The van der Waals surface area contributed by atoms with Crippen molar-refractivity contribution in [3.05, 3.63) is 41.9 Å². The van der Waals surface area contributed by atoms with E-state index < -0.39 is 53.4 Å². The van der Waals surface area contributed by atoms with Crippen molar-refractivity contribution < 1.29 is 29.3 Å². The first-order chi connectivity index (χ1) is 15.7. The Balaban J connectivity index is 1.86. The average molecular weight is 477 g/mol. The van der Waals surface area contributed by atoms with Gasteiger partial charge in [-0.05, 0) is 30.9 Å². The van der Waals surface area contributed by atoms with Gasteiger partial charge in [-0.2, -0.15) is 0 Å². The average Bonchev–Trinajstić information content (AvgIpc) is 3.40. The molecule has 1 aromatic carbocycles. The fourth-order valence-corrected chi connectivity index (χ4v) is 6.12. The van der Waals surface area contributed by atoms with Gasteiger partial charge in [-0.3, -0.25) is 14.4 Å². The Morgan fingerprint density at radius 2 is 2.09 bits per heavy atom. The van der Waals surface area contributed by atoms with E-state index in [0.717, 1.165) is 0 Å². The predicted molar refractivity (Wildman–Crippen MR) is 122 cm³/mol. The highest BCUT2D eigenvalue weighted by Crippen LogP contribution is 2.59. The molecule has 3 aliphatic rings.